The van der Waals surface area contributed by atoms with Crippen molar-refractivity contribution < 1.29 is 13.2 Å². The van der Waals surface area contributed by atoms with Crippen molar-refractivity contribution in [3.05, 3.63) is 90.2 Å². The van der Waals surface area contributed by atoms with Crippen LogP contribution in [0.5, 0.6) is 0 Å². The van der Waals surface area contributed by atoms with Gasteiger partial charge in [-0.05, 0) is 60.2 Å². The normalized spacial score (nSPS) is 10.4. The van der Waals surface area contributed by atoms with E-state index in [1.165, 1.54) is 36.4 Å². The Labute approximate surface area is 144 Å². The number of hydrogen-bond donors (Lipinski definition) is 0. The van der Waals surface area contributed by atoms with Crippen LogP contribution in [0, 0.1) is 17.5 Å². The molecule has 0 aliphatic carbocycles. The Morgan fingerprint density at radius 2 is 0.652 bits per heavy atom. The van der Waals surface area contributed by atoms with Gasteiger partial charge in [-0.3, -0.25) is 0 Å². The number of halogens is 4. The van der Waals surface area contributed by atoms with Gasteiger partial charge >= 0.3 is 0 Å². The molecule has 118 valence electrons. The van der Waals surface area contributed by atoms with E-state index in [0.717, 1.165) is 15.9 Å². The highest BCUT2D eigenvalue weighted by Crippen LogP contribution is 2.32. The zero-order valence-electron chi connectivity index (χ0n) is 11.9. The molecule has 5 heteroatoms. The van der Waals surface area contributed by atoms with Gasteiger partial charge in [0.1, 0.15) is 17.5 Å². The third-order valence-corrected chi connectivity index (χ3v) is 5.70. The maximum atomic E-state index is 13.2. The van der Waals surface area contributed by atoms with Crippen LogP contribution in [0.4, 0.5) is 13.2 Å². The summed E-state index contributed by atoms with van der Waals surface area (Å²) in [7, 11) is -0.983. The molecule has 0 aromatic heterocycles. The molecule has 0 aliphatic heterocycles. The van der Waals surface area contributed by atoms with E-state index in [1.807, 2.05) is 0 Å². The van der Waals surface area contributed by atoms with E-state index in [2.05, 4.69) is 0 Å². The summed E-state index contributed by atoms with van der Waals surface area (Å²) < 4.78 is 39.5. The average Bonchev–Trinajstić information content (AvgIpc) is 2.53. The molecule has 0 radical (unpaired) electrons. The lowest BCUT2D eigenvalue weighted by atomic mass is 10.3. The third kappa shape index (κ3) is 4.21. The van der Waals surface area contributed by atoms with Crippen LogP contribution in [-0.4, -0.2) is 0 Å². The van der Waals surface area contributed by atoms with Gasteiger partial charge in [0.2, 0.25) is 0 Å². The lowest BCUT2D eigenvalue weighted by Gasteiger charge is -2.19. The molecule has 0 spiro atoms. The van der Waals surface area contributed by atoms with E-state index in [0.29, 0.717) is 0 Å². The highest BCUT2D eigenvalue weighted by atomic mass is 79.9. The molecular weight excluding hydrogens is 384 g/mol. The Bertz CT molecular complexity index is 648. The smallest absolute Gasteiger partial charge is 0.123 e. The zero-order chi connectivity index (χ0) is 15.5. The summed E-state index contributed by atoms with van der Waals surface area (Å²) in [5.41, 5.74) is 0. The minimum atomic E-state index is -0.983. The van der Waals surface area contributed by atoms with Crippen molar-refractivity contribution in [1.29, 1.82) is 0 Å². The molecule has 0 aliphatic rings. The Morgan fingerprint density at radius 3 is 0.870 bits per heavy atom. The fourth-order valence-electron chi connectivity index (χ4n) is 2.22. The summed E-state index contributed by atoms with van der Waals surface area (Å²) in [6.45, 7) is 0. The monoisotopic (exact) mass is 396 g/mol. The second kappa shape index (κ2) is 7.76. The molecule has 23 heavy (non-hydrogen) atoms. The van der Waals surface area contributed by atoms with Crippen molar-refractivity contribution >= 4 is 40.8 Å². The van der Waals surface area contributed by atoms with E-state index in [9.17, 15) is 13.2 Å². The largest absolute Gasteiger partial charge is 0.207 e. The van der Waals surface area contributed by atoms with E-state index in [-0.39, 0.29) is 34.4 Å². The van der Waals surface area contributed by atoms with E-state index >= 15 is 0 Å². The standard InChI is InChI=1S/C18H12F3P.BrH/c19-13-1-7-16(8-2-13)22(17-9-3-14(20)4-10-17)18-11-5-15(21)6-12-18;/h1-12H;1H. The number of rotatable bonds is 3. The van der Waals surface area contributed by atoms with Gasteiger partial charge in [0.15, 0.2) is 0 Å². The molecule has 0 saturated carbocycles. The summed E-state index contributed by atoms with van der Waals surface area (Å²) in [6, 6.07) is 18.7. The summed E-state index contributed by atoms with van der Waals surface area (Å²) in [5, 5.41) is 2.78. The van der Waals surface area contributed by atoms with Gasteiger partial charge in [-0.2, -0.15) is 0 Å². The molecule has 0 N–H and O–H groups in total. The van der Waals surface area contributed by atoms with Crippen LogP contribution < -0.4 is 15.9 Å². The van der Waals surface area contributed by atoms with Crippen LogP contribution in [0.3, 0.4) is 0 Å². The van der Waals surface area contributed by atoms with Gasteiger partial charge in [-0.15, -0.1) is 17.0 Å². The Morgan fingerprint density at radius 1 is 0.435 bits per heavy atom. The summed E-state index contributed by atoms with van der Waals surface area (Å²) in [5.74, 6) is -0.925. The minimum absolute atomic E-state index is 0. The van der Waals surface area contributed by atoms with Crippen LogP contribution >= 0.6 is 24.9 Å². The van der Waals surface area contributed by atoms with Crippen molar-refractivity contribution in [3.63, 3.8) is 0 Å². The summed E-state index contributed by atoms with van der Waals surface area (Å²) in [4.78, 5) is 0. The molecule has 3 aromatic rings. The number of benzene rings is 3. The van der Waals surface area contributed by atoms with Gasteiger partial charge in [-0.1, -0.05) is 36.4 Å². The molecule has 0 unspecified atom stereocenters. The maximum absolute atomic E-state index is 13.2. The second-order valence-electron chi connectivity index (χ2n) is 4.76. The molecule has 3 aromatic carbocycles. The predicted octanol–water partition coefficient (Wildman–Crippen LogP) is 4.44. The van der Waals surface area contributed by atoms with Crippen LogP contribution in [0.15, 0.2) is 72.8 Å². The molecule has 0 atom stereocenters. The lowest BCUT2D eigenvalue weighted by molar-refractivity contribution is 0.628. The predicted molar refractivity (Wildman–Crippen MR) is 95.3 cm³/mol. The van der Waals surface area contributed by atoms with Crippen LogP contribution in [0.2, 0.25) is 0 Å². The molecule has 3 rings (SSSR count). The Kier molecular flexibility index (Phi) is 5.97. The topological polar surface area (TPSA) is 0 Å². The Hall–Kier alpha value is -1.64. The van der Waals surface area contributed by atoms with Gasteiger partial charge in [0.05, 0.1) is 0 Å². The zero-order valence-corrected chi connectivity index (χ0v) is 14.5. The van der Waals surface area contributed by atoms with Crippen molar-refractivity contribution in [2.75, 3.05) is 0 Å². The fraction of sp³-hybridized carbons (Fsp3) is 0. The minimum Gasteiger partial charge on any atom is -0.207 e. The second-order valence-corrected chi connectivity index (χ2v) is 6.98. The maximum Gasteiger partial charge on any atom is 0.123 e. The van der Waals surface area contributed by atoms with Crippen molar-refractivity contribution in [2.24, 2.45) is 0 Å². The molecule has 0 bridgehead atoms. The first-order valence-corrected chi connectivity index (χ1v) is 8.04. The average molecular weight is 397 g/mol. The van der Waals surface area contributed by atoms with Crippen LogP contribution in [0.25, 0.3) is 0 Å². The van der Waals surface area contributed by atoms with Crippen molar-refractivity contribution in [2.45, 2.75) is 0 Å². The van der Waals surface area contributed by atoms with Gasteiger partial charge < -0.3 is 0 Å². The highest BCUT2D eigenvalue weighted by molar-refractivity contribution is 8.93. The first-order valence-electron chi connectivity index (χ1n) is 6.70. The fourth-order valence-corrected chi connectivity index (χ4v) is 4.45. The van der Waals surface area contributed by atoms with E-state index in [1.54, 1.807) is 36.4 Å². The molecule has 0 amide bonds. The van der Waals surface area contributed by atoms with Gasteiger partial charge in [-0.25, -0.2) is 13.2 Å². The van der Waals surface area contributed by atoms with Crippen LogP contribution in [-0.2, 0) is 0 Å². The highest BCUT2D eigenvalue weighted by Gasteiger charge is 2.16. The summed E-state index contributed by atoms with van der Waals surface area (Å²) >= 11 is 0. The van der Waals surface area contributed by atoms with E-state index < -0.39 is 7.92 Å². The van der Waals surface area contributed by atoms with Crippen LogP contribution in [0.1, 0.15) is 0 Å². The van der Waals surface area contributed by atoms with Gasteiger partial charge in [0.25, 0.3) is 0 Å². The summed E-state index contributed by atoms with van der Waals surface area (Å²) in [6.07, 6.45) is 0. The first kappa shape index (κ1) is 17.7. The van der Waals surface area contributed by atoms with E-state index in [4.69, 9.17) is 0 Å². The first-order chi connectivity index (χ1) is 10.6. The molecular formula is C18H13BrF3P. The SMILES string of the molecule is Br.Fc1ccc(P(c2ccc(F)cc2)c2ccc(F)cc2)cc1. The van der Waals surface area contributed by atoms with Crippen molar-refractivity contribution in [1.82, 2.24) is 0 Å². The van der Waals surface area contributed by atoms with Crippen molar-refractivity contribution in [3.8, 4) is 0 Å². The molecule has 0 heterocycles. The molecule has 0 nitrogen and oxygen atoms in total. The number of hydrogen-bond acceptors (Lipinski definition) is 0. The quantitative estimate of drug-likeness (QED) is 0.574. The molecule has 0 fully saturated rings. The lowest BCUT2D eigenvalue weighted by Crippen LogP contribution is -2.20. The molecule has 0 saturated heterocycles. The Balaban J connectivity index is 0.00000192. The third-order valence-electron chi connectivity index (χ3n) is 3.25. The van der Waals surface area contributed by atoms with Gasteiger partial charge in [0, 0.05) is 0 Å².